The van der Waals surface area contributed by atoms with Crippen molar-refractivity contribution in [3.8, 4) is 5.75 Å². The van der Waals surface area contributed by atoms with Gasteiger partial charge in [-0.25, -0.2) is 0 Å². The number of nitrogens with zero attached hydrogens (tertiary/aromatic N) is 1. The van der Waals surface area contributed by atoms with Gasteiger partial charge >= 0.3 is 0 Å². The smallest absolute Gasteiger partial charge is 0.123 e. The molecule has 1 aliphatic rings. The predicted octanol–water partition coefficient (Wildman–Crippen LogP) is 3.07. The zero-order chi connectivity index (χ0) is 11.4. The van der Waals surface area contributed by atoms with Crippen molar-refractivity contribution >= 4 is 0 Å². The summed E-state index contributed by atoms with van der Waals surface area (Å²) in [6, 6.07) is 9.04. The van der Waals surface area contributed by atoms with Crippen molar-refractivity contribution in [3.63, 3.8) is 0 Å². The van der Waals surface area contributed by atoms with Gasteiger partial charge in [-0.05, 0) is 32.4 Å². The Hall–Kier alpha value is -1.02. The summed E-state index contributed by atoms with van der Waals surface area (Å²) in [5, 5.41) is 0. The molecule has 0 aliphatic carbocycles. The average molecular weight is 219 g/mol. The lowest BCUT2D eigenvalue weighted by Gasteiger charge is -2.33. The maximum atomic E-state index is 5.40. The van der Waals surface area contributed by atoms with Gasteiger partial charge in [-0.1, -0.05) is 24.6 Å². The minimum atomic E-state index is 0.707. The molecule has 1 saturated heterocycles. The van der Waals surface area contributed by atoms with Crippen molar-refractivity contribution in [2.45, 2.75) is 38.8 Å². The normalized spacial score (nSPS) is 22.0. The van der Waals surface area contributed by atoms with Crippen molar-refractivity contribution in [1.29, 1.82) is 0 Å². The number of rotatable bonds is 3. The van der Waals surface area contributed by atoms with E-state index in [2.05, 4.69) is 24.0 Å². The molecule has 88 valence electrons. The Morgan fingerprint density at radius 1 is 1.31 bits per heavy atom. The lowest BCUT2D eigenvalue weighted by molar-refractivity contribution is 0.151. The summed E-state index contributed by atoms with van der Waals surface area (Å²) in [7, 11) is 1.75. The van der Waals surface area contributed by atoms with E-state index < -0.39 is 0 Å². The number of piperidine rings is 1. The standard InChI is InChI=1S/C14H21NO/c1-12-7-5-6-10-15(12)11-13-8-3-4-9-14(13)16-2/h3-4,8-9,12H,5-7,10-11H2,1-2H3. The Morgan fingerprint density at radius 3 is 2.88 bits per heavy atom. The minimum absolute atomic E-state index is 0.707. The van der Waals surface area contributed by atoms with Gasteiger partial charge in [0.15, 0.2) is 0 Å². The van der Waals surface area contributed by atoms with E-state index >= 15 is 0 Å². The van der Waals surface area contributed by atoms with Crippen LogP contribution in [-0.4, -0.2) is 24.6 Å². The number of ether oxygens (including phenoxy) is 1. The van der Waals surface area contributed by atoms with E-state index in [0.717, 1.165) is 12.3 Å². The molecule has 16 heavy (non-hydrogen) atoms. The second-order valence-corrected chi connectivity index (χ2v) is 4.63. The summed E-state index contributed by atoms with van der Waals surface area (Å²) < 4.78 is 5.40. The highest BCUT2D eigenvalue weighted by atomic mass is 16.5. The van der Waals surface area contributed by atoms with Gasteiger partial charge in [0.05, 0.1) is 7.11 Å². The summed E-state index contributed by atoms with van der Waals surface area (Å²) in [6.45, 7) is 4.57. The molecule has 0 aromatic heterocycles. The molecule has 0 radical (unpaired) electrons. The third kappa shape index (κ3) is 2.56. The molecule has 0 bridgehead atoms. The lowest BCUT2D eigenvalue weighted by Crippen LogP contribution is -2.36. The summed E-state index contributed by atoms with van der Waals surface area (Å²) in [5.74, 6) is 1.01. The molecule has 0 N–H and O–H groups in total. The second-order valence-electron chi connectivity index (χ2n) is 4.63. The number of hydrogen-bond donors (Lipinski definition) is 0. The minimum Gasteiger partial charge on any atom is -0.496 e. The first-order valence-corrected chi connectivity index (χ1v) is 6.17. The van der Waals surface area contributed by atoms with E-state index in [1.54, 1.807) is 7.11 Å². The van der Waals surface area contributed by atoms with Crippen LogP contribution in [0, 0.1) is 0 Å². The van der Waals surface area contributed by atoms with Crippen LogP contribution in [-0.2, 0) is 6.54 Å². The molecular formula is C14H21NO. The fourth-order valence-electron chi connectivity index (χ4n) is 2.44. The average Bonchev–Trinajstić information content (AvgIpc) is 2.33. The van der Waals surface area contributed by atoms with Crippen molar-refractivity contribution in [3.05, 3.63) is 29.8 Å². The van der Waals surface area contributed by atoms with Crippen LogP contribution >= 0.6 is 0 Å². The summed E-state index contributed by atoms with van der Waals surface area (Å²) in [4.78, 5) is 2.56. The molecule has 0 spiro atoms. The van der Waals surface area contributed by atoms with Gasteiger partial charge < -0.3 is 4.74 Å². The maximum Gasteiger partial charge on any atom is 0.123 e. The van der Waals surface area contributed by atoms with Gasteiger partial charge in [0, 0.05) is 18.2 Å². The third-order valence-electron chi connectivity index (χ3n) is 3.51. The number of hydrogen-bond acceptors (Lipinski definition) is 2. The van der Waals surface area contributed by atoms with Crippen LogP contribution in [0.4, 0.5) is 0 Å². The Kier molecular flexibility index (Phi) is 3.83. The zero-order valence-corrected chi connectivity index (χ0v) is 10.3. The quantitative estimate of drug-likeness (QED) is 0.774. The van der Waals surface area contributed by atoms with Crippen LogP contribution in [0.15, 0.2) is 24.3 Å². The van der Waals surface area contributed by atoms with E-state index in [4.69, 9.17) is 4.74 Å². The number of benzene rings is 1. The number of methoxy groups -OCH3 is 1. The largest absolute Gasteiger partial charge is 0.496 e. The van der Waals surface area contributed by atoms with Crippen molar-refractivity contribution in [2.24, 2.45) is 0 Å². The molecule has 1 atom stereocenters. The molecule has 1 heterocycles. The fourth-order valence-corrected chi connectivity index (χ4v) is 2.44. The Bertz CT molecular complexity index is 337. The molecule has 0 saturated carbocycles. The van der Waals surface area contributed by atoms with Crippen LogP contribution < -0.4 is 4.74 Å². The SMILES string of the molecule is COc1ccccc1CN1CCCCC1C. The molecule has 1 fully saturated rings. The molecule has 1 aromatic carbocycles. The molecule has 2 nitrogen and oxygen atoms in total. The monoisotopic (exact) mass is 219 g/mol. The van der Waals surface area contributed by atoms with Crippen LogP contribution in [0.3, 0.4) is 0 Å². The first-order valence-electron chi connectivity index (χ1n) is 6.17. The van der Waals surface area contributed by atoms with Crippen molar-refractivity contribution in [2.75, 3.05) is 13.7 Å². The van der Waals surface area contributed by atoms with E-state index in [-0.39, 0.29) is 0 Å². The second kappa shape index (κ2) is 5.35. The van der Waals surface area contributed by atoms with Gasteiger partial charge in [0.25, 0.3) is 0 Å². The molecule has 1 aliphatic heterocycles. The highest BCUT2D eigenvalue weighted by Crippen LogP contribution is 2.23. The van der Waals surface area contributed by atoms with Gasteiger partial charge in [-0.2, -0.15) is 0 Å². The molecule has 2 rings (SSSR count). The zero-order valence-electron chi connectivity index (χ0n) is 10.3. The Labute approximate surface area is 98.2 Å². The lowest BCUT2D eigenvalue weighted by atomic mass is 10.0. The summed E-state index contributed by atoms with van der Waals surface area (Å²) >= 11 is 0. The summed E-state index contributed by atoms with van der Waals surface area (Å²) in [5.41, 5.74) is 1.30. The highest BCUT2D eigenvalue weighted by molar-refractivity contribution is 5.33. The first-order chi connectivity index (χ1) is 7.81. The van der Waals surface area contributed by atoms with E-state index in [9.17, 15) is 0 Å². The van der Waals surface area contributed by atoms with Gasteiger partial charge in [0.1, 0.15) is 5.75 Å². The van der Waals surface area contributed by atoms with Gasteiger partial charge in [0.2, 0.25) is 0 Å². The van der Waals surface area contributed by atoms with E-state index in [1.165, 1.54) is 31.4 Å². The van der Waals surface area contributed by atoms with Crippen LogP contribution in [0.25, 0.3) is 0 Å². The van der Waals surface area contributed by atoms with E-state index in [0.29, 0.717) is 6.04 Å². The van der Waals surface area contributed by atoms with Gasteiger partial charge in [-0.3, -0.25) is 4.90 Å². The van der Waals surface area contributed by atoms with Crippen molar-refractivity contribution < 1.29 is 4.74 Å². The molecule has 2 heteroatoms. The topological polar surface area (TPSA) is 12.5 Å². The van der Waals surface area contributed by atoms with Crippen LogP contribution in [0.1, 0.15) is 31.7 Å². The fraction of sp³-hybridized carbons (Fsp3) is 0.571. The third-order valence-corrected chi connectivity index (χ3v) is 3.51. The Morgan fingerprint density at radius 2 is 2.12 bits per heavy atom. The first kappa shape index (κ1) is 11.5. The highest BCUT2D eigenvalue weighted by Gasteiger charge is 2.19. The van der Waals surface area contributed by atoms with Crippen LogP contribution in [0.2, 0.25) is 0 Å². The molecule has 0 amide bonds. The Balaban J connectivity index is 2.07. The molecule has 1 unspecified atom stereocenters. The number of likely N-dealkylation sites (tertiary alicyclic amines) is 1. The van der Waals surface area contributed by atoms with E-state index in [1.807, 2.05) is 12.1 Å². The molecular weight excluding hydrogens is 198 g/mol. The predicted molar refractivity (Wildman–Crippen MR) is 66.7 cm³/mol. The van der Waals surface area contributed by atoms with Crippen molar-refractivity contribution in [1.82, 2.24) is 4.90 Å². The summed E-state index contributed by atoms with van der Waals surface area (Å²) in [6.07, 6.45) is 4.04. The molecule has 1 aromatic rings. The van der Waals surface area contributed by atoms with Gasteiger partial charge in [-0.15, -0.1) is 0 Å². The van der Waals surface area contributed by atoms with Crippen LogP contribution in [0.5, 0.6) is 5.75 Å². The maximum absolute atomic E-state index is 5.40. The number of para-hydroxylation sites is 1.